The minimum absolute atomic E-state index is 0.209. The summed E-state index contributed by atoms with van der Waals surface area (Å²) < 4.78 is 0. The van der Waals surface area contributed by atoms with Crippen molar-refractivity contribution in [1.29, 1.82) is 0 Å². The molecule has 4 nitrogen and oxygen atoms in total. The predicted molar refractivity (Wildman–Crippen MR) is 115 cm³/mol. The van der Waals surface area contributed by atoms with Crippen LogP contribution in [0, 0.1) is 0 Å². The van der Waals surface area contributed by atoms with Crippen molar-refractivity contribution >= 4 is 45.7 Å². The zero-order valence-electron chi connectivity index (χ0n) is 15.4. The predicted octanol–water partition coefficient (Wildman–Crippen LogP) is 4.82. The molecule has 0 aliphatic carbocycles. The molecular formula is C22H21Cl2N3O. The molecule has 1 amide bonds. The minimum atomic E-state index is 0.209. The van der Waals surface area contributed by atoms with Crippen molar-refractivity contribution in [3.63, 3.8) is 0 Å². The number of carbonyl (C=O) groups is 1. The zero-order valence-corrected chi connectivity index (χ0v) is 17.0. The van der Waals surface area contributed by atoms with Crippen LogP contribution in [-0.4, -0.2) is 42.0 Å². The van der Waals surface area contributed by atoms with E-state index in [0.29, 0.717) is 11.4 Å². The number of piperazine rings is 1. The van der Waals surface area contributed by atoms with Crippen LogP contribution in [0.3, 0.4) is 0 Å². The summed E-state index contributed by atoms with van der Waals surface area (Å²) >= 11 is 12.0. The Morgan fingerprint density at radius 2 is 1.64 bits per heavy atom. The van der Waals surface area contributed by atoms with Gasteiger partial charge in [0.05, 0.1) is 5.52 Å². The summed E-state index contributed by atoms with van der Waals surface area (Å²) in [4.78, 5) is 21.3. The Morgan fingerprint density at radius 3 is 2.39 bits per heavy atom. The number of hydrogen-bond acceptors (Lipinski definition) is 3. The van der Waals surface area contributed by atoms with Crippen molar-refractivity contribution in [1.82, 2.24) is 9.88 Å². The first-order valence-corrected chi connectivity index (χ1v) is 10.2. The van der Waals surface area contributed by atoms with Crippen LogP contribution in [0.1, 0.15) is 12.0 Å². The molecule has 0 unspecified atom stereocenters. The largest absolute Gasteiger partial charge is 0.367 e. The van der Waals surface area contributed by atoms with Crippen LogP contribution in [0.2, 0.25) is 10.0 Å². The number of aryl methyl sites for hydroxylation is 1. The summed E-state index contributed by atoms with van der Waals surface area (Å²) in [6, 6.07) is 15.5. The number of carbonyl (C=O) groups excluding carboxylic acids is 1. The molecule has 0 saturated carbocycles. The van der Waals surface area contributed by atoms with Gasteiger partial charge in [0.15, 0.2) is 0 Å². The molecule has 1 aliphatic heterocycles. The molecule has 0 bridgehead atoms. The number of benzene rings is 2. The van der Waals surface area contributed by atoms with E-state index >= 15 is 0 Å². The molecule has 2 aromatic carbocycles. The molecule has 1 fully saturated rings. The Morgan fingerprint density at radius 1 is 0.929 bits per heavy atom. The Hall–Kier alpha value is -2.30. The molecule has 4 rings (SSSR count). The van der Waals surface area contributed by atoms with Crippen LogP contribution in [0.4, 0.5) is 5.69 Å². The highest BCUT2D eigenvalue weighted by atomic mass is 35.5. The zero-order chi connectivity index (χ0) is 19.5. The van der Waals surface area contributed by atoms with Gasteiger partial charge in [-0.05, 0) is 48.4 Å². The molecule has 1 saturated heterocycles. The third kappa shape index (κ3) is 4.23. The van der Waals surface area contributed by atoms with Crippen molar-refractivity contribution in [2.75, 3.05) is 31.1 Å². The first-order chi connectivity index (χ1) is 13.6. The van der Waals surface area contributed by atoms with E-state index in [4.69, 9.17) is 23.2 Å². The first-order valence-electron chi connectivity index (χ1n) is 9.41. The van der Waals surface area contributed by atoms with Gasteiger partial charge in [-0.2, -0.15) is 0 Å². The maximum Gasteiger partial charge on any atom is 0.223 e. The molecule has 0 spiro atoms. The number of anilines is 1. The van der Waals surface area contributed by atoms with Crippen LogP contribution in [0.5, 0.6) is 0 Å². The molecule has 0 atom stereocenters. The van der Waals surface area contributed by atoms with Crippen LogP contribution in [0.15, 0.2) is 54.7 Å². The average Bonchev–Trinajstić information content (AvgIpc) is 2.72. The van der Waals surface area contributed by atoms with Gasteiger partial charge in [-0.25, -0.2) is 0 Å². The van der Waals surface area contributed by atoms with Gasteiger partial charge in [-0.15, -0.1) is 0 Å². The number of amides is 1. The highest BCUT2D eigenvalue weighted by molar-refractivity contribution is 6.31. The van der Waals surface area contributed by atoms with E-state index in [-0.39, 0.29) is 5.91 Å². The molecule has 1 aliphatic rings. The topological polar surface area (TPSA) is 36.4 Å². The lowest BCUT2D eigenvalue weighted by Gasteiger charge is -2.36. The van der Waals surface area contributed by atoms with E-state index in [1.807, 2.05) is 59.6 Å². The van der Waals surface area contributed by atoms with Gasteiger partial charge in [0, 0.05) is 59.9 Å². The third-order valence-electron chi connectivity index (χ3n) is 5.20. The number of pyridine rings is 1. The SMILES string of the molecule is O=C(CCc1ccc(Cl)cc1)N1CCN(c2ccnc3cc(Cl)ccc23)CC1. The number of hydrogen-bond donors (Lipinski definition) is 0. The second-order valence-corrected chi connectivity index (χ2v) is 7.86. The Labute approximate surface area is 174 Å². The average molecular weight is 414 g/mol. The van der Waals surface area contributed by atoms with Crippen molar-refractivity contribution in [2.45, 2.75) is 12.8 Å². The number of rotatable bonds is 4. The molecule has 28 heavy (non-hydrogen) atoms. The lowest BCUT2D eigenvalue weighted by atomic mass is 10.1. The maximum atomic E-state index is 12.6. The highest BCUT2D eigenvalue weighted by Crippen LogP contribution is 2.28. The van der Waals surface area contributed by atoms with Gasteiger partial charge in [0.25, 0.3) is 0 Å². The second kappa shape index (κ2) is 8.38. The van der Waals surface area contributed by atoms with Gasteiger partial charge in [-0.3, -0.25) is 9.78 Å². The Balaban J connectivity index is 1.37. The van der Waals surface area contributed by atoms with E-state index in [9.17, 15) is 4.79 Å². The smallest absolute Gasteiger partial charge is 0.223 e. The number of fused-ring (bicyclic) bond motifs is 1. The first kappa shape index (κ1) is 19.0. The minimum Gasteiger partial charge on any atom is -0.367 e. The molecule has 2 heterocycles. The molecular weight excluding hydrogens is 393 g/mol. The second-order valence-electron chi connectivity index (χ2n) is 6.99. The third-order valence-corrected chi connectivity index (χ3v) is 5.68. The lowest BCUT2D eigenvalue weighted by Crippen LogP contribution is -2.48. The van der Waals surface area contributed by atoms with Crippen LogP contribution >= 0.6 is 23.2 Å². The maximum absolute atomic E-state index is 12.6. The van der Waals surface area contributed by atoms with Gasteiger partial charge in [0.1, 0.15) is 0 Å². The van der Waals surface area contributed by atoms with Gasteiger partial charge in [-0.1, -0.05) is 35.3 Å². The summed E-state index contributed by atoms with van der Waals surface area (Å²) in [6.07, 6.45) is 3.09. The lowest BCUT2D eigenvalue weighted by molar-refractivity contribution is -0.131. The fourth-order valence-corrected chi connectivity index (χ4v) is 3.93. The molecule has 144 valence electrons. The van der Waals surface area contributed by atoms with Crippen LogP contribution < -0.4 is 4.90 Å². The molecule has 0 N–H and O–H groups in total. The normalized spacial score (nSPS) is 14.5. The van der Waals surface area contributed by atoms with Gasteiger partial charge >= 0.3 is 0 Å². The fraction of sp³-hybridized carbons (Fsp3) is 0.273. The molecule has 3 aromatic rings. The van der Waals surface area contributed by atoms with E-state index in [1.165, 1.54) is 0 Å². The van der Waals surface area contributed by atoms with Gasteiger partial charge in [0.2, 0.25) is 5.91 Å². The Kier molecular flexibility index (Phi) is 5.69. The monoisotopic (exact) mass is 413 g/mol. The number of halogens is 2. The fourth-order valence-electron chi connectivity index (χ4n) is 3.64. The van der Waals surface area contributed by atoms with Crippen molar-refractivity contribution < 1.29 is 4.79 Å². The van der Waals surface area contributed by atoms with Crippen molar-refractivity contribution in [2.24, 2.45) is 0 Å². The summed E-state index contributed by atoms with van der Waals surface area (Å²) in [5.41, 5.74) is 3.18. The quantitative estimate of drug-likeness (QED) is 0.614. The molecule has 6 heteroatoms. The summed E-state index contributed by atoms with van der Waals surface area (Å²) in [6.45, 7) is 3.09. The highest BCUT2D eigenvalue weighted by Gasteiger charge is 2.22. The van der Waals surface area contributed by atoms with E-state index in [1.54, 1.807) is 0 Å². The summed E-state index contributed by atoms with van der Waals surface area (Å²) in [5, 5.41) is 2.50. The summed E-state index contributed by atoms with van der Waals surface area (Å²) in [7, 11) is 0. The van der Waals surface area contributed by atoms with E-state index < -0.39 is 0 Å². The molecule has 1 aromatic heterocycles. The van der Waals surface area contributed by atoms with E-state index in [0.717, 1.165) is 59.8 Å². The molecule has 0 radical (unpaired) electrons. The van der Waals surface area contributed by atoms with Gasteiger partial charge < -0.3 is 9.80 Å². The van der Waals surface area contributed by atoms with Crippen LogP contribution in [0.25, 0.3) is 10.9 Å². The number of nitrogens with zero attached hydrogens (tertiary/aromatic N) is 3. The number of aromatic nitrogens is 1. The Bertz CT molecular complexity index is 983. The standard InChI is InChI=1S/C22H21Cl2N3O/c23-17-4-1-16(2-5-17)3-8-22(28)27-13-11-26(12-14-27)21-9-10-25-20-15-18(24)6-7-19(20)21/h1-2,4-7,9-10,15H,3,8,11-14H2. The van der Waals surface area contributed by atoms with E-state index in [2.05, 4.69) is 9.88 Å². The van der Waals surface area contributed by atoms with Crippen molar-refractivity contribution in [3.8, 4) is 0 Å². The van der Waals surface area contributed by atoms with Crippen LogP contribution in [-0.2, 0) is 11.2 Å². The summed E-state index contributed by atoms with van der Waals surface area (Å²) in [5.74, 6) is 0.209. The van der Waals surface area contributed by atoms with Crippen molar-refractivity contribution in [3.05, 3.63) is 70.3 Å².